The maximum Gasteiger partial charge on any atom is 0.233 e. The third-order valence-electron chi connectivity index (χ3n) is 3.44. The van der Waals surface area contributed by atoms with Gasteiger partial charge in [-0.15, -0.1) is 10.2 Å². The Labute approximate surface area is 165 Å². The van der Waals surface area contributed by atoms with E-state index in [1.807, 2.05) is 36.4 Å². The number of hydrogen-bond donors (Lipinski definition) is 1. The average molecular weight is 396 g/mol. The number of rotatable bonds is 6. The summed E-state index contributed by atoms with van der Waals surface area (Å²) in [6.45, 7) is 0. The molecule has 0 radical (unpaired) electrons. The lowest BCUT2D eigenvalue weighted by molar-refractivity contribution is 0.415. The van der Waals surface area contributed by atoms with Gasteiger partial charge in [0.1, 0.15) is 11.8 Å². The van der Waals surface area contributed by atoms with Gasteiger partial charge >= 0.3 is 0 Å². The van der Waals surface area contributed by atoms with Gasteiger partial charge in [-0.1, -0.05) is 35.1 Å². The van der Waals surface area contributed by atoms with Crippen LogP contribution in [0.1, 0.15) is 10.6 Å². The number of methoxy groups -OCH3 is 1. The Morgan fingerprint density at radius 1 is 1.19 bits per heavy atom. The highest BCUT2D eigenvalue weighted by Gasteiger charge is 2.08. The number of allylic oxidation sites excluding steroid dienone is 1. The maximum absolute atomic E-state index is 9.43. The van der Waals surface area contributed by atoms with Crippen LogP contribution in [0.15, 0.2) is 53.5 Å². The van der Waals surface area contributed by atoms with Crippen molar-refractivity contribution in [3.05, 3.63) is 64.1 Å². The summed E-state index contributed by atoms with van der Waals surface area (Å²) >= 11 is 7.08. The zero-order valence-corrected chi connectivity index (χ0v) is 15.8. The highest BCUT2D eigenvalue weighted by atomic mass is 35.5. The van der Waals surface area contributed by atoms with Gasteiger partial charge in [0.25, 0.3) is 0 Å². The number of hydrogen-bond acceptors (Lipinski definition) is 6. The van der Waals surface area contributed by atoms with Gasteiger partial charge in [-0.25, -0.2) is 4.99 Å². The van der Waals surface area contributed by atoms with Gasteiger partial charge in [0.05, 0.1) is 19.0 Å². The molecule has 0 spiro atoms. The van der Waals surface area contributed by atoms with Crippen LogP contribution in [-0.4, -0.2) is 23.6 Å². The third-order valence-corrected chi connectivity index (χ3v) is 4.56. The van der Waals surface area contributed by atoms with Crippen molar-refractivity contribution in [3.8, 4) is 11.8 Å². The Morgan fingerprint density at radius 3 is 2.59 bits per heavy atom. The summed E-state index contributed by atoms with van der Waals surface area (Å²) in [5.74, 6) is 0.756. The van der Waals surface area contributed by atoms with Crippen molar-refractivity contribution in [1.82, 2.24) is 10.2 Å². The van der Waals surface area contributed by atoms with Crippen molar-refractivity contribution in [2.24, 2.45) is 4.99 Å². The minimum Gasteiger partial charge on any atom is -0.497 e. The number of benzene rings is 2. The Balaban J connectivity index is 1.70. The first-order valence-corrected chi connectivity index (χ1v) is 9.02. The van der Waals surface area contributed by atoms with Crippen molar-refractivity contribution in [2.45, 2.75) is 0 Å². The molecule has 0 aliphatic heterocycles. The molecule has 0 aliphatic carbocycles. The second-order valence-electron chi connectivity index (χ2n) is 5.24. The highest BCUT2D eigenvalue weighted by Crippen LogP contribution is 2.26. The Hall–Kier alpha value is -3.21. The van der Waals surface area contributed by atoms with Crippen LogP contribution in [0.5, 0.6) is 5.75 Å². The van der Waals surface area contributed by atoms with Crippen molar-refractivity contribution < 1.29 is 4.74 Å². The lowest BCUT2D eigenvalue weighted by atomic mass is 10.1. The highest BCUT2D eigenvalue weighted by molar-refractivity contribution is 7.16. The first kappa shape index (κ1) is 18.6. The van der Waals surface area contributed by atoms with Gasteiger partial charge < -0.3 is 10.1 Å². The van der Waals surface area contributed by atoms with Crippen molar-refractivity contribution in [3.63, 3.8) is 0 Å². The first-order chi connectivity index (χ1) is 13.2. The fourth-order valence-electron chi connectivity index (χ4n) is 2.09. The van der Waals surface area contributed by atoms with Crippen molar-refractivity contribution in [1.29, 1.82) is 5.26 Å². The summed E-state index contributed by atoms with van der Waals surface area (Å²) in [5.41, 5.74) is 2.15. The van der Waals surface area contributed by atoms with E-state index >= 15 is 0 Å². The zero-order valence-electron chi connectivity index (χ0n) is 14.3. The second kappa shape index (κ2) is 8.94. The molecule has 1 aromatic heterocycles. The van der Waals surface area contributed by atoms with E-state index in [1.54, 1.807) is 25.3 Å². The standard InChI is InChI=1S/C19H14ClN5OS/c1-26-17-8-2-13(3-9-17)10-14(11-21)18-24-25-19(27-18)23-12-22-16-6-4-15(20)5-7-16/h2-10,12H,1H3,(H,22,23,25). The van der Waals surface area contributed by atoms with E-state index in [-0.39, 0.29) is 0 Å². The van der Waals surface area contributed by atoms with Crippen molar-refractivity contribution in [2.75, 3.05) is 12.4 Å². The first-order valence-electron chi connectivity index (χ1n) is 7.82. The van der Waals surface area contributed by atoms with Gasteiger partial charge in [-0.05, 0) is 48.0 Å². The number of aliphatic imine (C=N–C) groups is 1. The normalized spacial score (nSPS) is 11.4. The van der Waals surface area contributed by atoms with E-state index in [9.17, 15) is 5.26 Å². The quantitative estimate of drug-likeness (QED) is 0.359. The SMILES string of the molecule is COc1ccc(C=C(C#N)c2nnc(N=CNc3ccc(Cl)cc3)s2)cc1. The van der Waals surface area contributed by atoms with Crippen LogP contribution in [-0.2, 0) is 0 Å². The molecule has 1 N–H and O–H groups in total. The Bertz CT molecular complexity index is 1000. The molecule has 3 aromatic rings. The summed E-state index contributed by atoms with van der Waals surface area (Å²) in [5, 5.41) is 22.1. The molecule has 2 aromatic carbocycles. The lowest BCUT2D eigenvalue weighted by Crippen LogP contribution is -1.93. The predicted octanol–water partition coefficient (Wildman–Crippen LogP) is 5.04. The smallest absolute Gasteiger partial charge is 0.233 e. The van der Waals surface area contributed by atoms with Gasteiger partial charge in [0.2, 0.25) is 5.13 Å². The molecule has 6 nitrogen and oxygen atoms in total. The Morgan fingerprint density at radius 2 is 1.93 bits per heavy atom. The fourth-order valence-corrected chi connectivity index (χ4v) is 2.88. The number of anilines is 1. The van der Waals surface area contributed by atoms with Gasteiger partial charge in [-0.2, -0.15) is 5.26 Å². The summed E-state index contributed by atoms with van der Waals surface area (Å²) in [6, 6.07) is 16.8. The second-order valence-corrected chi connectivity index (χ2v) is 6.63. The molecule has 0 unspecified atom stereocenters. The van der Waals surface area contributed by atoms with Crippen molar-refractivity contribution >= 4 is 51.7 Å². The van der Waals surface area contributed by atoms with Crippen LogP contribution in [0.4, 0.5) is 10.8 Å². The van der Waals surface area contributed by atoms with Crippen LogP contribution in [0.3, 0.4) is 0 Å². The van der Waals surface area contributed by atoms with Gasteiger partial charge in [0, 0.05) is 10.7 Å². The maximum atomic E-state index is 9.43. The van der Waals surface area contributed by atoms with Gasteiger partial charge in [-0.3, -0.25) is 0 Å². The molecular weight excluding hydrogens is 382 g/mol. The largest absolute Gasteiger partial charge is 0.497 e. The van der Waals surface area contributed by atoms with E-state index in [4.69, 9.17) is 16.3 Å². The molecule has 0 fully saturated rings. The lowest BCUT2D eigenvalue weighted by Gasteiger charge is -1.99. The van der Waals surface area contributed by atoms with Crippen LogP contribution in [0.25, 0.3) is 11.6 Å². The average Bonchev–Trinajstić information content (AvgIpc) is 3.17. The molecule has 134 valence electrons. The summed E-state index contributed by atoms with van der Waals surface area (Å²) in [6.07, 6.45) is 3.27. The number of nitrogens with zero attached hydrogens (tertiary/aromatic N) is 4. The monoisotopic (exact) mass is 395 g/mol. The Kier molecular flexibility index (Phi) is 6.15. The summed E-state index contributed by atoms with van der Waals surface area (Å²) < 4.78 is 5.13. The topological polar surface area (TPSA) is 83.2 Å². The molecular formula is C19H14ClN5OS. The molecule has 0 bridgehead atoms. The predicted molar refractivity (Wildman–Crippen MR) is 110 cm³/mol. The minimum atomic E-state index is 0.421. The number of aromatic nitrogens is 2. The van der Waals surface area contributed by atoms with E-state index in [0.29, 0.717) is 20.7 Å². The molecule has 0 amide bonds. The van der Waals surface area contributed by atoms with Crippen LogP contribution < -0.4 is 10.1 Å². The van der Waals surface area contributed by atoms with Gasteiger partial charge in [0.15, 0.2) is 5.01 Å². The van der Waals surface area contributed by atoms with Crippen LogP contribution in [0.2, 0.25) is 5.02 Å². The third kappa shape index (κ3) is 5.14. The summed E-state index contributed by atoms with van der Waals surface area (Å²) in [4.78, 5) is 4.21. The molecule has 1 heterocycles. The van der Waals surface area contributed by atoms with E-state index in [1.165, 1.54) is 17.7 Å². The fraction of sp³-hybridized carbons (Fsp3) is 0.0526. The molecule has 3 rings (SSSR count). The summed E-state index contributed by atoms with van der Waals surface area (Å²) in [7, 11) is 1.61. The number of nitrogens with one attached hydrogen (secondary N) is 1. The number of nitriles is 1. The van der Waals surface area contributed by atoms with Crippen LogP contribution >= 0.6 is 22.9 Å². The van der Waals surface area contributed by atoms with E-state index in [0.717, 1.165) is 17.0 Å². The molecule has 8 heteroatoms. The molecule has 0 atom stereocenters. The number of halogens is 1. The minimum absolute atomic E-state index is 0.421. The van der Waals surface area contributed by atoms with Crippen LogP contribution in [0, 0.1) is 11.3 Å². The molecule has 0 saturated carbocycles. The number of ether oxygens (including phenoxy) is 1. The molecule has 27 heavy (non-hydrogen) atoms. The van der Waals surface area contributed by atoms with E-state index < -0.39 is 0 Å². The molecule has 0 aliphatic rings. The van der Waals surface area contributed by atoms with E-state index in [2.05, 4.69) is 26.6 Å². The molecule has 0 saturated heterocycles. The zero-order chi connectivity index (χ0) is 19.1.